The lowest BCUT2D eigenvalue weighted by Crippen LogP contribution is -2.35. The highest BCUT2D eigenvalue weighted by atomic mass is 32.2. The van der Waals surface area contributed by atoms with Gasteiger partial charge in [-0.1, -0.05) is 12.1 Å². The highest BCUT2D eigenvalue weighted by molar-refractivity contribution is 7.88. The second-order valence-corrected chi connectivity index (χ2v) is 5.81. The van der Waals surface area contributed by atoms with Crippen LogP contribution in [0.1, 0.15) is 11.1 Å². The van der Waals surface area contributed by atoms with Gasteiger partial charge in [0.15, 0.2) is 0 Å². The van der Waals surface area contributed by atoms with Gasteiger partial charge in [-0.15, -0.1) is 0 Å². The number of fused-ring (bicyclic) bond motifs is 1. The first-order valence-electron chi connectivity index (χ1n) is 4.80. The van der Waals surface area contributed by atoms with E-state index in [9.17, 15) is 8.42 Å². The maximum atomic E-state index is 11.4. The van der Waals surface area contributed by atoms with Crippen molar-refractivity contribution < 1.29 is 8.42 Å². The standard InChI is InChI=1S/C10H14N2O2S/c1-15(13,14)12-6-5-9-8(7-12)3-2-4-10(9)11/h2-4H,5-7,11H2,1H3. The quantitative estimate of drug-likeness (QED) is 0.713. The Morgan fingerprint density at radius 2 is 2.13 bits per heavy atom. The zero-order valence-electron chi connectivity index (χ0n) is 8.60. The summed E-state index contributed by atoms with van der Waals surface area (Å²) in [5, 5.41) is 0. The molecule has 1 aromatic rings. The van der Waals surface area contributed by atoms with Crippen molar-refractivity contribution in [3.63, 3.8) is 0 Å². The van der Waals surface area contributed by atoms with Crippen molar-refractivity contribution in [1.29, 1.82) is 0 Å². The summed E-state index contributed by atoms with van der Waals surface area (Å²) in [6, 6.07) is 5.65. The Labute approximate surface area is 89.7 Å². The minimum absolute atomic E-state index is 0.444. The molecule has 1 aliphatic heterocycles. The van der Waals surface area contributed by atoms with E-state index in [1.165, 1.54) is 10.6 Å². The van der Waals surface area contributed by atoms with E-state index >= 15 is 0 Å². The summed E-state index contributed by atoms with van der Waals surface area (Å²) in [5.41, 5.74) is 8.71. The number of rotatable bonds is 1. The molecule has 1 heterocycles. The fourth-order valence-corrected chi connectivity index (χ4v) is 2.69. The molecule has 0 aromatic heterocycles. The van der Waals surface area contributed by atoms with Gasteiger partial charge in [-0.3, -0.25) is 0 Å². The van der Waals surface area contributed by atoms with Crippen molar-refractivity contribution in [1.82, 2.24) is 4.31 Å². The predicted molar refractivity (Wildman–Crippen MR) is 59.8 cm³/mol. The molecule has 1 aliphatic rings. The molecule has 0 saturated heterocycles. The van der Waals surface area contributed by atoms with Gasteiger partial charge in [0.25, 0.3) is 0 Å². The van der Waals surface area contributed by atoms with Crippen LogP contribution in [0.2, 0.25) is 0 Å². The van der Waals surface area contributed by atoms with E-state index < -0.39 is 10.0 Å². The molecule has 82 valence electrons. The Morgan fingerprint density at radius 1 is 1.40 bits per heavy atom. The summed E-state index contributed by atoms with van der Waals surface area (Å²) >= 11 is 0. The van der Waals surface area contributed by atoms with E-state index in [4.69, 9.17) is 5.73 Å². The van der Waals surface area contributed by atoms with Gasteiger partial charge in [-0.25, -0.2) is 8.42 Å². The maximum Gasteiger partial charge on any atom is 0.211 e. The minimum atomic E-state index is -3.09. The highest BCUT2D eigenvalue weighted by Gasteiger charge is 2.23. The first-order chi connectivity index (χ1) is 6.98. The van der Waals surface area contributed by atoms with Gasteiger partial charge in [-0.2, -0.15) is 4.31 Å². The Morgan fingerprint density at radius 3 is 2.80 bits per heavy atom. The highest BCUT2D eigenvalue weighted by Crippen LogP contribution is 2.24. The Bertz CT molecular complexity index is 482. The fourth-order valence-electron chi connectivity index (χ4n) is 1.90. The third-order valence-corrected chi connectivity index (χ3v) is 3.99. The Hall–Kier alpha value is -1.07. The first kappa shape index (κ1) is 10.4. The van der Waals surface area contributed by atoms with E-state index in [2.05, 4.69) is 0 Å². The van der Waals surface area contributed by atoms with Gasteiger partial charge >= 0.3 is 0 Å². The van der Waals surface area contributed by atoms with Crippen LogP contribution in [-0.2, 0) is 23.0 Å². The third-order valence-electron chi connectivity index (χ3n) is 2.74. The van der Waals surface area contributed by atoms with Gasteiger partial charge in [0.05, 0.1) is 6.26 Å². The van der Waals surface area contributed by atoms with Crippen molar-refractivity contribution in [3.05, 3.63) is 29.3 Å². The number of nitrogens with two attached hydrogens (primary N) is 1. The second kappa shape index (κ2) is 3.50. The molecular weight excluding hydrogens is 212 g/mol. The first-order valence-corrected chi connectivity index (χ1v) is 6.64. The number of anilines is 1. The largest absolute Gasteiger partial charge is 0.398 e. The fraction of sp³-hybridized carbons (Fsp3) is 0.400. The van der Waals surface area contributed by atoms with Crippen LogP contribution in [0.15, 0.2) is 18.2 Å². The summed E-state index contributed by atoms with van der Waals surface area (Å²) in [6.45, 7) is 0.971. The van der Waals surface area contributed by atoms with Crippen molar-refractivity contribution in [2.75, 3.05) is 18.5 Å². The molecule has 0 amide bonds. The van der Waals surface area contributed by atoms with Crippen LogP contribution < -0.4 is 5.73 Å². The minimum Gasteiger partial charge on any atom is -0.398 e. The van der Waals surface area contributed by atoms with Crippen LogP contribution in [-0.4, -0.2) is 25.5 Å². The summed E-state index contributed by atoms with van der Waals surface area (Å²) < 4.78 is 24.2. The molecule has 0 atom stereocenters. The number of nitrogen functional groups attached to an aromatic ring is 1. The van der Waals surface area contributed by atoms with Crippen LogP contribution in [0, 0.1) is 0 Å². The van der Waals surface area contributed by atoms with Crippen LogP contribution in [0.4, 0.5) is 5.69 Å². The number of nitrogens with zero attached hydrogens (tertiary/aromatic N) is 1. The molecule has 2 rings (SSSR count). The van der Waals surface area contributed by atoms with E-state index in [1.807, 2.05) is 18.2 Å². The molecule has 1 aromatic carbocycles. The third kappa shape index (κ3) is 1.98. The van der Waals surface area contributed by atoms with Gasteiger partial charge < -0.3 is 5.73 Å². The lowest BCUT2D eigenvalue weighted by molar-refractivity contribution is 0.395. The van der Waals surface area contributed by atoms with Crippen molar-refractivity contribution >= 4 is 15.7 Å². The molecular formula is C10H14N2O2S. The predicted octanol–water partition coefficient (Wildman–Crippen LogP) is 0.586. The van der Waals surface area contributed by atoms with Crippen LogP contribution >= 0.6 is 0 Å². The summed E-state index contributed by atoms with van der Waals surface area (Å²) in [7, 11) is -3.09. The second-order valence-electron chi connectivity index (χ2n) is 3.83. The summed E-state index contributed by atoms with van der Waals surface area (Å²) in [5.74, 6) is 0. The van der Waals surface area contributed by atoms with Crippen LogP contribution in [0.5, 0.6) is 0 Å². The average molecular weight is 226 g/mol. The Kier molecular flexibility index (Phi) is 2.44. The molecule has 0 fully saturated rings. The molecule has 0 unspecified atom stereocenters. The van der Waals surface area contributed by atoms with Gasteiger partial charge in [0.1, 0.15) is 0 Å². The number of sulfonamides is 1. The van der Waals surface area contributed by atoms with Gasteiger partial charge in [-0.05, 0) is 23.6 Å². The molecule has 0 bridgehead atoms. The number of hydrogen-bond acceptors (Lipinski definition) is 3. The summed E-state index contributed by atoms with van der Waals surface area (Å²) in [6.07, 6.45) is 1.94. The molecule has 2 N–H and O–H groups in total. The van der Waals surface area contributed by atoms with Gasteiger partial charge in [0.2, 0.25) is 10.0 Å². The number of hydrogen-bond donors (Lipinski definition) is 1. The zero-order chi connectivity index (χ0) is 11.1. The normalized spacial score (nSPS) is 17.4. The molecule has 0 saturated carbocycles. The zero-order valence-corrected chi connectivity index (χ0v) is 9.42. The van der Waals surface area contributed by atoms with Crippen molar-refractivity contribution in [2.45, 2.75) is 13.0 Å². The molecule has 4 nitrogen and oxygen atoms in total. The van der Waals surface area contributed by atoms with Crippen molar-refractivity contribution in [3.8, 4) is 0 Å². The van der Waals surface area contributed by atoms with E-state index in [1.54, 1.807) is 0 Å². The molecule has 15 heavy (non-hydrogen) atoms. The smallest absolute Gasteiger partial charge is 0.211 e. The molecule has 0 aliphatic carbocycles. The molecule has 5 heteroatoms. The van der Waals surface area contributed by atoms with Gasteiger partial charge in [0, 0.05) is 18.8 Å². The average Bonchev–Trinajstić information content (AvgIpc) is 2.16. The lowest BCUT2D eigenvalue weighted by Gasteiger charge is -2.27. The lowest BCUT2D eigenvalue weighted by atomic mass is 9.99. The summed E-state index contributed by atoms with van der Waals surface area (Å²) in [4.78, 5) is 0. The van der Waals surface area contributed by atoms with E-state index in [0.29, 0.717) is 19.5 Å². The number of benzene rings is 1. The van der Waals surface area contributed by atoms with Crippen LogP contribution in [0.3, 0.4) is 0 Å². The maximum absolute atomic E-state index is 11.4. The van der Waals surface area contributed by atoms with Crippen molar-refractivity contribution in [2.24, 2.45) is 0 Å². The Balaban J connectivity index is 2.36. The van der Waals surface area contributed by atoms with E-state index in [0.717, 1.165) is 16.8 Å². The topological polar surface area (TPSA) is 63.4 Å². The molecule has 0 spiro atoms. The van der Waals surface area contributed by atoms with Crippen LogP contribution in [0.25, 0.3) is 0 Å². The SMILES string of the molecule is CS(=O)(=O)N1CCc2c(N)cccc2C1. The monoisotopic (exact) mass is 226 g/mol. The van der Waals surface area contributed by atoms with E-state index in [-0.39, 0.29) is 0 Å². The molecule has 0 radical (unpaired) electrons.